The number of hydrogen-bond acceptors (Lipinski definition) is 5. The van der Waals surface area contributed by atoms with Crippen molar-refractivity contribution in [1.82, 2.24) is 4.90 Å². The van der Waals surface area contributed by atoms with Crippen molar-refractivity contribution in [1.29, 1.82) is 0 Å². The molecular weight excluding hydrogens is 226 g/mol. The molecule has 2 saturated heterocycles. The predicted molar refractivity (Wildman–Crippen MR) is 58.6 cm³/mol. The van der Waals surface area contributed by atoms with Crippen LogP contribution in [0.4, 0.5) is 0 Å². The summed E-state index contributed by atoms with van der Waals surface area (Å²) in [5.74, 6) is -1.37. The van der Waals surface area contributed by atoms with E-state index in [0.29, 0.717) is 19.8 Å². The van der Waals surface area contributed by atoms with Crippen LogP contribution in [0.1, 0.15) is 19.3 Å². The number of nitrogens with zero attached hydrogens (tertiary/aromatic N) is 1. The predicted octanol–water partition coefficient (Wildman–Crippen LogP) is -0.339. The first-order valence-corrected chi connectivity index (χ1v) is 6.00. The number of β-amino-alcohol motifs (C(OH)–C–C–N with tert-alkyl or cyclic N) is 1. The van der Waals surface area contributed by atoms with E-state index in [2.05, 4.69) is 4.90 Å². The molecule has 0 radical (unpaired) electrons. The summed E-state index contributed by atoms with van der Waals surface area (Å²) >= 11 is 0. The number of piperidine rings is 1. The lowest BCUT2D eigenvalue weighted by Gasteiger charge is -2.38. The summed E-state index contributed by atoms with van der Waals surface area (Å²) in [4.78, 5) is 12.5. The second-order valence-corrected chi connectivity index (χ2v) is 4.66. The zero-order chi connectivity index (χ0) is 12.3. The lowest BCUT2D eigenvalue weighted by Crippen LogP contribution is -2.47. The highest BCUT2D eigenvalue weighted by Crippen LogP contribution is 2.31. The van der Waals surface area contributed by atoms with Gasteiger partial charge < -0.3 is 24.6 Å². The number of aliphatic carboxylic acids is 1. The molecule has 6 nitrogen and oxygen atoms in total. The zero-order valence-electron chi connectivity index (χ0n) is 9.80. The summed E-state index contributed by atoms with van der Waals surface area (Å²) in [5, 5.41) is 18.1. The van der Waals surface area contributed by atoms with Crippen LogP contribution < -0.4 is 0 Å². The van der Waals surface area contributed by atoms with Gasteiger partial charge in [0.25, 0.3) is 0 Å². The van der Waals surface area contributed by atoms with Crippen LogP contribution in [0, 0.1) is 0 Å². The Bertz CT molecular complexity index is 267. The molecule has 2 N–H and O–H groups in total. The van der Waals surface area contributed by atoms with E-state index in [-0.39, 0.29) is 6.42 Å². The van der Waals surface area contributed by atoms with Crippen LogP contribution in [0.15, 0.2) is 0 Å². The molecule has 17 heavy (non-hydrogen) atoms. The molecule has 0 bridgehead atoms. The maximum absolute atomic E-state index is 10.4. The molecule has 0 aromatic heterocycles. The Hall–Kier alpha value is -0.690. The van der Waals surface area contributed by atoms with Gasteiger partial charge in [-0.15, -0.1) is 0 Å². The van der Waals surface area contributed by atoms with E-state index < -0.39 is 17.9 Å². The first kappa shape index (κ1) is 12.8. The molecule has 0 aliphatic carbocycles. The Balaban J connectivity index is 1.73. The molecule has 2 aliphatic rings. The maximum atomic E-state index is 10.4. The average Bonchev–Trinajstić information content (AvgIpc) is 2.69. The van der Waals surface area contributed by atoms with Gasteiger partial charge in [-0.3, -0.25) is 4.79 Å². The van der Waals surface area contributed by atoms with Crippen molar-refractivity contribution in [2.24, 2.45) is 0 Å². The Morgan fingerprint density at radius 3 is 2.41 bits per heavy atom. The van der Waals surface area contributed by atoms with Crippen molar-refractivity contribution in [2.75, 3.05) is 32.8 Å². The number of carbonyl (C=O) groups is 1. The first-order chi connectivity index (χ1) is 8.10. The average molecular weight is 245 g/mol. The fourth-order valence-corrected chi connectivity index (χ4v) is 2.43. The Kier molecular flexibility index (Phi) is 3.98. The molecule has 0 amide bonds. The van der Waals surface area contributed by atoms with Crippen molar-refractivity contribution in [3.63, 3.8) is 0 Å². The van der Waals surface area contributed by atoms with Crippen LogP contribution >= 0.6 is 0 Å². The van der Waals surface area contributed by atoms with Gasteiger partial charge >= 0.3 is 5.97 Å². The second kappa shape index (κ2) is 5.30. The summed E-state index contributed by atoms with van der Waals surface area (Å²) in [5.41, 5.74) is 0. The molecular formula is C11H19NO5. The van der Waals surface area contributed by atoms with Gasteiger partial charge in [-0.05, 0) is 0 Å². The van der Waals surface area contributed by atoms with E-state index in [1.54, 1.807) is 0 Å². The highest BCUT2D eigenvalue weighted by Gasteiger charge is 2.39. The van der Waals surface area contributed by atoms with E-state index in [9.17, 15) is 9.90 Å². The third-order valence-electron chi connectivity index (χ3n) is 3.31. The first-order valence-electron chi connectivity index (χ1n) is 6.00. The quantitative estimate of drug-likeness (QED) is 0.705. The van der Waals surface area contributed by atoms with Gasteiger partial charge in [0.2, 0.25) is 0 Å². The molecule has 98 valence electrons. The molecule has 2 heterocycles. The number of aliphatic hydroxyl groups is 1. The second-order valence-electron chi connectivity index (χ2n) is 4.66. The highest BCUT2D eigenvalue weighted by atomic mass is 16.7. The van der Waals surface area contributed by atoms with E-state index in [4.69, 9.17) is 14.6 Å². The molecule has 6 heteroatoms. The van der Waals surface area contributed by atoms with Crippen LogP contribution in [0.5, 0.6) is 0 Å². The molecule has 0 aromatic rings. The van der Waals surface area contributed by atoms with Crippen LogP contribution in [-0.2, 0) is 14.3 Å². The topological polar surface area (TPSA) is 79.2 Å². The summed E-state index contributed by atoms with van der Waals surface area (Å²) in [7, 11) is 0. The van der Waals surface area contributed by atoms with Gasteiger partial charge in [0.1, 0.15) is 0 Å². The third kappa shape index (κ3) is 3.38. The van der Waals surface area contributed by atoms with Crippen LogP contribution in [-0.4, -0.2) is 65.8 Å². The Morgan fingerprint density at radius 2 is 1.88 bits per heavy atom. The number of rotatable bonds is 4. The SMILES string of the molecule is O=C(O)CC(O)CN1CCC2(CC1)OCCO2. The number of aliphatic hydroxyl groups excluding tert-OH is 1. The summed E-state index contributed by atoms with van der Waals surface area (Å²) in [6, 6.07) is 0. The minimum absolute atomic E-state index is 0.200. The molecule has 2 rings (SSSR count). The van der Waals surface area contributed by atoms with Crippen LogP contribution in [0.2, 0.25) is 0 Å². The highest BCUT2D eigenvalue weighted by molar-refractivity contribution is 5.67. The van der Waals surface area contributed by atoms with Gasteiger partial charge in [-0.2, -0.15) is 0 Å². The van der Waals surface area contributed by atoms with Gasteiger partial charge in [0.05, 0.1) is 25.7 Å². The van der Waals surface area contributed by atoms with Gasteiger partial charge in [-0.1, -0.05) is 0 Å². The van der Waals surface area contributed by atoms with Crippen molar-refractivity contribution < 1.29 is 24.5 Å². The monoisotopic (exact) mass is 245 g/mol. The number of carboxylic acid groups (broad SMARTS) is 1. The number of likely N-dealkylation sites (tertiary alicyclic amines) is 1. The lowest BCUT2D eigenvalue weighted by molar-refractivity contribution is -0.186. The number of carboxylic acids is 1. The molecule has 1 atom stereocenters. The van der Waals surface area contributed by atoms with Crippen molar-refractivity contribution >= 4 is 5.97 Å². The maximum Gasteiger partial charge on any atom is 0.306 e. The molecule has 1 spiro atoms. The van der Waals surface area contributed by atoms with Crippen molar-refractivity contribution in [3.8, 4) is 0 Å². The zero-order valence-corrected chi connectivity index (χ0v) is 9.80. The van der Waals surface area contributed by atoms with Gasteiger partial charge in [-0.25, -0.2) is 0 Å². The normalized spacial score (nSPS) is 26.2. The van der Waals surface area contributed by atoms with E-state index >= 15 is 0 Å². The third-order valence-corrected chi connectivity index (χ3v) is 3.31. The fourth-order valence-electron chi connectivity index (χ4n) is 2.43. The largest absolute Gasteiger partial charge is 0.481 e. The van der Waals surface area contributed by atoms with Crippen molar-refractivity contribution in [2.45, 2.75) is 31.2 Å². The molecule has 2 fully saturated rings. The van der Waals surface area contributed by atoms with Gasteiger partial charge in [0, 0.05) is 32.5 Å². The minimum atomic E-state index is -0.964. The standard InChI is InChI=1S/C11H19NO5/c13-9(7-10(14)15)8-12-3-1-11(2-4-12)16-5-6-17-11/h9,13H,1-8H2,(H,14,15). The summed E-state index contributed by atoms with van der Waals surface area (Å²) in [6.45, 7) is 3.26. The van der Waals surface area contributed by atoms with E-state index in [1.165, 1.54) is 0 Å². The molecule has 0 aromatic carbocycles. The summed E-state index contributed by atoms with van der Waals surface area (Å²) < 4.78 is 11.2. The number of hydrogen-bond donors (Lipinski definition) is 2. The smallest absolute Gasteiger partial charge is 0.306 e. The number of ether oxygens (including phenoxy) is 2. The Labute approximate surface area is 100 Å². The van der Waals surface area contributed by atoms with Gasteiger partial charge in [0.15, 0.2) is 5.79 Å². The molecule has 2 aliphatic heterocycles. The van der Waals surface area contributed by atoms with Crippen molar-refractivity contribution in [3.05, 3.63) is 0 Å². The molecule has 0 saturated carbocycles. The lowest BCUT2D eigenvalue weighted by atomic mass is 10.0. The van der Waals surface area contributed by atoms with E-state index in [0.717, 1.165) is 25.9 Å². The van der Waals surface area contributed by atoms with E-state index in [1.807, 2.05) is 0 Å². The van der Waals surface area contributed by atoms with Crippen LogP contribution in [0.3, 0.4) is 0 Å². The minimum Gasteiger partial charge on any atom is -0.481 e. The molecule has 1 unspecified atom stereocenters. The Morgan fingerprint density at radius 1 is 1.29 bits per heavy atom. The van der Waals surface area contributed by atoms with Crippen LogP contribution in [0.25, 0.3) is 0 Å². The fraction of sp³-hybridized carbons (Fsp3) is 0.909. The summed E-state index contributed by atoms with van der Waals surface area (Å²) in [6.07, 6.45) is 0.570.